The molecule has 0 amide bonds. The maximum atomic E-state index is 13.1. The molecule has 1 rings (SSSR count). The van der Waals surface area contributed by atoms with Gasteiger partial charge in [0.2, 0.25) is 0 Å². The predicted molar refractivity (Wildman–Crippen MR) is 46.5 cm³/mol. The minimum atomic E-state index is -0.778. The van der Waals surface area contributed by atoms with Crippen molar-refractivity contribution in [3.63, 3.8) is 0 Å². The van der Waals surface area contributed by atoms with Gasteiger partial charge in [0.15, 0.2) is 12.1 Å². The monoisotopic (exact) mass is 191 g/mol. The maximum Gasteiger partial charge on any atom is 0.162 e. The number of hydrogen-bond donors (Lipinski definition) is 0. The quantitative estimate of drug-likeness (QED) is 0.528. The molecular formula is C10H6FNO2. The van der Waals surface area contributed by atoms with Gasteiger partial charge in [-0.05, 0) is 19.1 Å². The molecule has 0 bridgehead atoms. The molecule has 0 saturated heterocycles. The van der Waals surface area contributed by atoms with Crippen molar-refractivity contribution >= 4 is 12.1 Å². The average molecular weight is 191 g/mol. The second-order valence-corrected chi connectivity index (χ2v) is 2.71. The van der Waals surface area contributed by atoms with Crippen molar-refractivity contribution in [2.45, 2.75) is 6.92 Å². The molecule has 0 spiro atoms. The van der Waals surface area contributed by atoms with Crippen molar-refractivity contribution in [3.05, 3.63) is 34.6 Å². The van der Waals surface area contributed by atoms with E-state index in [0.29, 0.717) is 6.29 Å². The number of aldehydes is 1. The van der Waals surface area contributed by atoms with Crippen LogP contribution in [-0.2, 0) is 0 Å². The Bertz CT molecular complexity index is 445. The first kappa shape index (κ1) is 10.1. The molecule has 0 atom stereocenters. The molecule has 0 fully saturated rings. The first-order chi connectivity index (χ1) is 6.60. The van der Waals surface area contributed by atoms with Crippen molar-refractivity contribution in [1.29, 1.82) is 5.26 Å². The Morgan fingerprint density at radius 2 is 2.21 bits per heavy atom. The summed E-state index contributed by atoms with van der Waals surface area (Å²) >= 11 is 0. The summed E-state index contributed by atoms with van der Waals surface area (Å²) in [6.07, 6.45) is 0.421. The Balaban J connectivity index is 3.47. The summed E-state index contributed by atoms with van der Waals surface area (Å²) in [5, 5.41) is 8.54. The van der Waals surface area contributed by atoms with E-state index in [9.17, 15) is 14.0 Å². The van der Waals surface area contributed by atoms with Crippen LogP contribution < -0.4 is 0 Å². The number of Topliss-reactive ketones (excluding diaryl/α,β-unsaturated/α-hetero) is 1. The third kappa shape index (κ3) is 1.67. The lowest BCUT2D eigenvalue weighted by atomic mass is 10.0. The van der Waals surface area contributed by atoms with Crippen molar-refractivity contribution in [1.82, 2.24) is 0 Å². The fourth-order valence-corrected chi connectivity index (χ4v) is 1.05. The highest BCUT2D eigenvalue weighted by Crippen LogP contribution is 2.14. The lowest BCUT2D eigenvalue weighted by molar-refractivity contribution is 0.101. The fourth-order valence-electron chi connectivity index (χ4n) is 1.05. The third-order valence-electron chi connectivity index (χ3n) is 1.77. The first-order valence-electron chi connectivity index (χ1n) is 3.80. The van der Waals surface area contributed by atoms with Crippen LogP contribution in [0, 0.1) is 17.1 Å². The molecule has 1 aromatic carbocycles. The second kappa shape index (κ2) is 3.79. The summed E-state index contributed by atoms with van der Waals surface area (Å²) in [6.45, 7) is 1.19. The number of nitriles is 1. The molecule has 0 aromatic heterocycles. The van der Waals surface area contributed by atoms with Gasteiger partial charge in [0.25, 0.3) is 0 Å². The van der Waals surface area contributed by atoms with Gasteiger partial charge < -0.3 is 0 Å². The lowest BCUT2D eigenvalue weighted by Crippen LogP contribution is -2.01. The van der Waals surface area contributed by atoms with Gasteiger partial charge in [-0.15, -0.1) is 0 Å². The van der Waals surface area contributed by atoms with Gasteiger partial charge in [-0.3, -0.25) is 9.59 Å². The summed E-state index contributed by atoms with van der Waals surface area (Å²) in [4.78, 5) is 21.4. The molecule has 14 heavy (non-hydrogen) atoms. The van der Waals surface area contributed by atoms with Gasteiger partial charge in [-0.1, -0.05) is 0 Å². The molecule has 0 radical (unpaired) electrons. The zero-order chi connectivity index (χ0) is 10.7. The van der Waals surface area contributed by atoms with Gasteiger partial charge in [0.1, 0.15) is 5.82 Å². The van der Waals surface area contributed by atoms with E-state index < -0.39 is 11.6 Å². The predicted octanol–water partition coefficient (Wildman–Crippen LogP) is 1.71. The zero-order valence-electron chi connectivity index (χ0n) is 7.37. The van der Waals surface area contributed by atoms with Crippen LogP contribution >= 0.6 is 0 Å². The lowest BCUT2D eigenvalue weighted by Gasteiger charge is -2.01. The van der Waals surface area contributed by atoms with Crippen molar-refractivity contribution in [3.8, 4) is 6.07 Å². The Hall–Kier alpha value is -2.02. The van der Waals surface area contributed by atoms with E-state index in [4.69, 9.17) is 5.26 Å². The van der Waals surface area contributed by atoms with Gasteiger partial charge in [0.05, 0.1) is 17.2 Å². The summed E-state index contributed by atoms with van der Waals surface area (Å²) < 4.78 is 13.1. The van der Waals surface area contributed by atoms with Crippen LogP contribution in [0.25, 0.3) is 0 Å². The SMILES string of the molecule is CC(=O)c1cc(C=O)c(C#N)cc1F. The normalized spacial score (nSPS) is 9.21. The average Bonchev–Trinajstić information content (AvgIpc) is 2.16. The molecule has 0 N–H and O–H groups in total. The van der Waals surface area contributed by atoms with Crippen molar-refractivity contribution in [2.24, 2.45) is 0 Å². The summed E-state index contributed by atoms with van der Waals surface area (Å²) in [6, 6.07) is 3.65. The number of carbonyl (C=O) groups excluding carboxylic acids is 2. The van der Waals surface area contributed by atoms with E-state index in [-0.39, 0.29) is 16.7 Å². The molecule has 0 heterocycles. The summed E-state index contributed by atoms with van der Waals surface area (Å²) in [5.74, 6) is -1.25. The van der Waals surface area contributed by atoms with Crippen LogP contribution in [-0.4, -0.2) is 12.1 Å². The first-order valence-corrected chi connectivity index (χ1v) is 3.80. The molecule has 0 aliphatic carbocycles. The summed E-state index contributed by atoms with van der Waals surface area (Å²) in [7, 11) is 0. The molecule has 0 aliphatic rings. The molecule has 4 heteroatoms. The molecular weight excluding hydrogens is 185 g/mol. The Kier molecular flexibility index (Phi) is 2.73. The van der Waals surface area contributed by atoms with E-state index in [1.165, 1.54) is 6.92 Å². The topological polar surface area (TPSA) is 57.9 Å². The molecule has 0 saturated carbocycles. The van der Waals surface area contributed by atoms with E-state index in [1.54, 1.807) is 6.07 Å². The smallest absolute Gasteiger partial charge is 0.162 e. The molecule has 1 aromatic rings. The van der Waals surface area contributed by atoms with Crippen LogP contribution in [0.3, 0.4) is 0 Å². The summed E-state index contributed by atoms with van der Waals surface area (Å²) in [5.41, 5.74) is -0.215. The van der Waals surface area contributed by atoms with Gasteiger partial charge >= 0.3 is 0 Å². The standard InChI is InChI=1S/C10H6FNO2/c1-6(14)9-2-8(5-13)7(4-12)3-10(9)11/h2-3,5H,1H3. The van der Waals surface area contributed by atoms with Gasteiger partial charge in [-0.2, -0.15) is 5.26 Å². The van der Waals surface area contributed by atoms with E-state index in [1.807, 2.05) is 0 Å². The zero-order valence-corrected chi connectivity index (χ0v) is 7.37. The van der Waals surface area contributed by atoms with Crippen LogP contribution in [0.2, 0.25) is 0 Å². The van der Waals surface area contributed by atoms with Gasteiger partial charge in [0, 0.05) is 5.56 Å². The van der Waals surface area contributed by atoms with Crippen molar-refractivity contribution in [2.75, 3.05) is 0 Å². The maximum absolute atomic E-state index is 13.1. The molecule has 3 nitrogen and oxygen atoms in total. The molecule has 0 aliphatic heterocycles. The van der Waals surface area contributed by atoms with E-state index in [0.717, 1.165) is 12.1 Å². The van der Waals surface area contributed by atoms with Crippen LogP contribution in [0.15, 0.2) is 12.1 Å². The third-order valence-corrected chi connectivity index (χ3v) is 1.77. The van der Waals surface area contributed by atoms with E-state index in [2.05, 4.69) is 0 Å². The Morgan fingerprint density at radius 3 is 2.64 bits per heavy atom. The number of carbonyl (C=O) groups is 2. The van der Waals surface area contributed by atoms with E-state index >= 15 is 0 Å². The van der Waals surface area contributed by atoms with Crippen LogP contribution in [0.1, 0.15) is 33.2 Å². The Labute approximate surface area is 79.8 Å². The number of halogens is 1. The molecule has 0 unspecified atom stereocenters. The van der Waals surface area contributed by atoms with Crippen LogP contribution in [0.4, 0.5) is 4.39 Å². The minimum absolute atomic E-state index is 0.0269. The minimum Gasteiger partial charge on any atom is -0.298 e. The van der Waals surface area contributed by atoms with Crippen LogP contribution in [0.5, 0.6) is 0 Å². The number of nitrogens with zero attached hydrogens (tertiary/aromatic N) is 1. The highest BCUT2D eigenvalue weighted by molar-refractivity contribution is 5.96. The molecule has 70 valence electrons. The largest absolute Gasteiger partial charge is 0.298 e. The number of benzene rings is 1. The fraction of sp³-hybridized carbons (Fsp3) is 0.100. The highest BCUT2D eigenvalue weighted by atomic mass is 19.1. The number of hydrogen-bond acceptors (Lipinski definition) is 3. The Morgan fingerprint density at radius 1 is 1.57 bits per heavy atom. The number of ketones is 1. The number of rotatable bonds is 2. The van der Waals surface area contributed by atoms with Gasteiger partial charge in [-0.25, -0.2) is 4.39 Å². The van der Waals surface area contributed by atoms with Crippen molar-refractivity contribution < 1.29 is 14.0 Å². The highest BCUT2D eigenvalue weighted by Gasteiger charge is 2.12. The second-order valence-electron chi connectivity index (χ2n) is 2.71.